The molecule has 0 bridgehead atoms. The van der Waals surface area contributed by atoms with Crippen LogP contribution in [0.3, 0.4) is 0 Å². The minimum absolute atomic E-state index is 0.675. The zero-order valence-corrected chi connectivity index (χ0v) is 15.7. The minimum atomic E-state index is -2.44. The average Bonchev–Trinajstić information content (AvgIpc) is 2.56. The van der Waals surface area contributed by atoms with E-state index in [1.807, 2.05) is 65.0 Å². The molecular formula is C23H26F2. The molecule has 25 heavy (non-hydrogen) atoms. The van der Waals surface area contributed by atoms with E-state index >= 15 is 0 Å². The predicted molar refractivity (Wildman–Crippen MR) is 104 cm³/mol. The van der Waals surface area contributed by atoms with Crippen LogP contribution in [-0.2, 0) is 0 Å². The van der Waals surface area contributed by atoms with Gasteiger partial charge in [0.25, 0.3) is 0 Å². The number of alkyl halides is 2. The summed E-state index contributed by atoms with van der Waals surface area (Å²) in [5.74, 6) is -0.905. The van der Waals surface area contributed by atoms with E-state index in [-0.39, 0.29) is 0 Å². The topological polar surface area (TPSA) is 0 Å². The third-order valence-corrected chi connectivity index (χ3v) is 4.98. The second-order valence-electron chi connectivity index (χ2n) is 6.77. The summed E-state index contributed by atoms with van der Waals surface area (Å²) in [5, 5.41) is 0. The first-order chi connectivity index (χ1) is 11.7. The standard InChI is InChI=1S/C23H26F2/c1-7-19-8-9-20(12-16(19)4)17(5)13-22(23(24)25)21-10-14(2)18(6)15(3)11-21/h7-13,22-23H,1H2,2-6H3/b17-13+. The molecule has 0 saturated carbocycles. The van der Waals surface area contributed by atoms with Gasteiger partial charge in [0.15, 0.2) is 0 Å². The summed E-state index contributed by atoms with van der Waals surface area (Å²) < 4.78 is 27.5. The van der Waals surface area contributed by atoms with Crippen molar-refractivity contribution in [3.05, 3.63) is 81.9 Å². The predicted octanol–water partition coefficient (Wildman–Crippen LogP) is 7.02. The van der Waals surface area contributed by atoms with Crippen molar-refractivity contribution >= 4 is 11.6 Å². The van der Waals surface area contributed by atoms with E-state index in [0.29, 0.717) is 5.56 Å². The second kappa shape index (κ2) is 7.77. The highest BCUT2D eigenvalue weighted by Crippen LogP contribution is 2.31. The molecule has 0 aliphatic carbocycles. The van der Waals surface area contributed by atoms with E-state index in [1.165, 1.54) is 0 Å². The van der Waals surface area contributed by atoms with Gasteiger partial charge in [-0.2, -0.15) is 0 Å². The zero-order chi connectivity index (χ0) is 18.7. The van der Waals surface area contributed by atoms with E-state index in [0.717, 1.165) is 39.0 Å². The Morgan fingerprint density at radius 1 is 0.960 bits per heavy atom. The fourth-order valence-electron chi connectivity index (χ4n) is 3.09. The van der Waals surface area contributed by atoms with Crippen LogP contribution in [0.4, 0.5) is 8.78 Å². The molecule has 2 aromatic rings. The van der Waals surface area contributed by atoms with Crippen LogP contribution >= 0.6 is 0 Å². The van der Waals surface area contributed by atoms with Gasteiger partial charge in [0, 0.05) is 0 Å². The summed E-state index contributed by atoms with van der Waals surface area (Å²) in [6, 6.07) is 9.73. The van der Waals surface area contributed by atoms with Gasteiger partial charge in [-0.3, -0.25) is 0 Å². The normalized spacial score (nSPS) is 13.2. The van der Waals surface area contributed by atoms with Crippen LogP contribution in [0.25, 0.3) is 11.6 Å². The molecule has 0 radical (unpaired) electrons. The first kappa shape index (κ1) is 19.1. The van der Waals surface area contributed by atoms with E-state index in [9.17, 15) is 8.78 Å². The van der Waals surface area contributed by atoms with Crippen LogP contribution in [0.5, 0.6) is 0 Å². The highest BCUT2D eigenvalue weighted by atomic mass is 19.3. The molecule has 0 saturated heterocycles. The summed E-state index contributed by atoms with van der Waals surface area (Å²) in [5.41, 5.74) is 7.93. The van der Waals surface area contributed by atoms with Crippen molar-refractivity contribution in [1.29, 1.82) is 0 Å². The summed E-state index contributed by atoms with van der Waals surface area (Å²) in [6.07, 6.45) is 1.05. The molecular weight excluding hydrogens is 314 g/mol. The molecule has 0 aromatic heterocycles. The molecule has 0 aliphatic rings. The quantitative estimate of drug-likeness (QED) is 0.549. The van der Waals surface area contributed by atoms with Crippen molar-refractivity contribution in [2.75, 3.05) is 0 Å². The number of aryl methyl sites for hydroxylation is 3. The highest BCUT2D eigenvalue weighted by Gasteiger charge is 2.21. The Morgan fingerprint density at radius 2 is 1.56 bits per heavy atom. The van der Waals surface area contributed by atoms with Gasteiger partial charge in [-0.05, 0) is 79.1 Å². The molecule has 0 fully saturated rings. The Kier molecular flexibility index (Phi) is 5.94. The van der Waals surface area contributed by atoms with Gasteiger partial charge in [-0.1, -0.05) is 49.1 Å². The first-order valence-electron chi connectivity index (χ1n) is 8.52. The molecule has 0 amide bonds. The van der Waals surface area contributed by atoms with E-state index < -0.39 is 12.3 Å². The van der Waals surface area contributed by atoms with Crippen LogP contribution in [0.2, 0.25) is 0 Å². The van der Waals surface area contributed by atoms with E-state index in [2.05, 4.69) is 6.58 Å². The van der Waals surface area contributed by atoms with Gasteiger partial charge in [-0.15, -0.1) is 0 Å². The molecule has 132 valence electrons. The fraction of sp³-hybridized carbons (Fsp3) is 0.304. The summed E-state index contributed by atoms with van der Waals surface area (Å²) in [6.45, 7) is 13.7. The number of rotatable bonds is 5. The Balaban J connectivity index is 2.46. The summed E-state index contributed by atoms with van der Waals surface area (Å²) >= 11 is 0. The smallest absolute Gasteiger partial charge is 0.209 e. The number of hydrogen-bond donors (Lipinski definition) is 0. The third-order valence-electron chi connectivity index (χ3n) is 4.98. The lowest BCUT2D eigenvalue weighted by molar-refractivity contribution is 0.131. The maximum absolute atomic E-state index is 13.8. The number of halogens is 2. The molecule has 2 aromatic carbocycles. The number of hydrogen-bond acceptors (Lipinski definition) is 0. The first-order valence-corrected chi connectivity index (χ1v) is 8.52. The van der Waals surface area contributed by atoms with Crippen molar-refractivity contribution < 1.29 is 8.78 Å². The van der Waals surface area contributed by atoms with Crippen molar-refractivity contribution in [3.63, 3.8) is 0 Å². The highest BCUT2D eigenvalue weighted by molar-refractivity contribution is 5.68. The molecule has 1 atom stereocenters. The lowest BCUT2D eigenvalue weighted by Crippen LogP contribution is -2.08. The van der Waals surface area contributed by atoms with Crippen LogP contribution in [0.1, 0.15) is 51.8 Å². The SMILES string of the molecule is C=Cc1ccc(/C(C)=C/C(c2cc(C)c(C)c(C)c2)C(F)F)cc1C. The van der Waals surface area contributed by atoms with Gasteiger partial charge in [0.05, 0.1) is 5.92 Å². The van der Waals surface area contributed by atoms with Gasteiger partial charge in [0.2, 0.25) is 6.43 Å². The third kappa shape index (κ3) is 4.25. The van der Waals surface area contributed by atoms with E-state index in [4.69, 9.17) is 0 Å². The molecule has 2 heteroatoms. The maximum Gasteiger partial charge on any atom is 0.248 e. The Morgan fingerprint density at radius 3 is 2.04 bits per heavy atom. The van der Waals surface area contributed by atoms with Crippen LogP contribution < -0.4 is 0 Å². The lowest BCUT2D eigenvalue weighted by atomic mass is 9.90. The van der Waals surface area contributed by atoms with Gasteiger partial charge in [-0.25, -0.2) is 8.78 Å². The second-order valence-corrected chi connectivity index (χ2v) is 6.77. The van der Waals surface area contributed by atoms with Crippen molar-refractivity contribution in [2.24, 2.45) is 0 Å². The van der Waals surface area contributed by atoms with Crippen LogP contribution in [0, 0.1) is 27.7 Å². The van der Waals surface area contributed by atoms with Crippen LogP contribution in [-0.4, -0.2) is 6.43 Å². The molecule has 0 heterocycles. The number of benzene rings is 2. The zero-order valence-electron chi connectivity index (χ0n) is 15.7. The maximum atomic E-state index is 13.8. The molecule has 2 rings (SSSR count). The van der Waals surface area contributed by atoms with Crippen molar-refractivity contribution in [3.8, 4) is 0 Å². The Hall–Kier alpha value is -2.22. The molecule has 0 nitrogen and oxygen atoms in total. The Labute approximate surface area is 149 Å². The van der Waals surface area contributed by atoms with Crippen molar-refractivity contribution in [2.45, 2.75) is 47.0 Å². The van der Waals surface area contributed by atoms with Crippen molar-refractivity contribution in [1.82, 2.24) is 0 Å². The molecule has 0 aliphatic heterocycles. The van der Waals surface area contributed by atoms with E-state index in [1.54, 1.807) is 12.2 Å². The van der Waals surface area contributed by atoms with Gasteiger partial charge in [0.1, 0.15) is 0 Å². The average molecular weight is 340 g/mol. The van der Waals surface area contributed by atoms with Gasteiger partial charge >= 0.3 is 0 Å². The molecule has 0 spiro atoms. The number of allylic oxidation sites excluding steroid dienone is 2. The fourth-order valence-corrected chi connectivity index (χ4v) is 3.09. The summed E-state index contributed by atoms with van der Waals surface area (Å²) in [4.78, 5) is 0. The molecule has 0 N–H and O–H groups in total. The summed E-state index contributed by atoms with van der Waals surface area (Å²) in [7, 11) is 0. The monoisotopic (exact) mass is 340 g/mol. The largest absolute Gasteiger partial charge is 0.248 e. The molecule has 1 unspecified atom stereocenters. The minimum Gasteiger partial charge on any atom is -0.209 e. The van der Waals surface area contributed by atoms with Gasteiger partial charge < -0.3 is 0 Å². The lowest BCUT2D eigenvalue weighted by Gasteiger charge is -2.17. The Bertz CT molecular complexity index is 790. The van der Waals surface area contributed by atoms with Crippen LogP contribution in [0.15, 0.2) is 43.0 Å².